The maximum atomic E-state index is 12.1. The second kappa shape index (κ2) is 6.20. The molecule has 1 aliphatic rings. The fraction of sp³-hybridized carbons (Fsp3) is 0.133. The number of esters is 1. The third-order valence-electron chi connectivity index (χ3n) is 3.09. The maximum Gasteiger partial charge on any atom is 0.375 e. The first-order chi connectivity index (χ1) is 11.5. The van der Waals surface area contributed by atoms with E-state index in [2.05, 4.69) is 4.98 Å². The van der Waals surface area contributed by atoms with Crippen LogP contribution in [-0.4, -0.2) is 40.4 Å². The summed E-state index contributed by atoms with van der Waals surface area (Å²) in [4.78, 5) is 56.4. The third kappa shape index (κ3) is 2.65. The van der Waals surface area contributed by atoms with E-state index in [9.17, 15) is 19.2 Å². The number of aromatic nitrogens is 1. The molecule has 0 radical (unpaired) electrons. The molecule has 0 aliphatic carbocycles. The highest BCUT2D eigenvalue weighted by atomic mass is 32.1. The molecule has 0 atom stereocenters. The van der Waals surface area contributed by atoms with E-state index in [4.69, 9.17) is 9.57 Å². The number of fused-ring (bicyclic) bond motifs is 1. The van der Waals surface area contributed by atoms with Crippen molar-refractivity contribution < 1.29 is 28.8 Å². The van der Waals surface area contributed by atoms with Gasteiger partial charge in [-0.05, 0) is 19.1 Å². The number of hydroxylamine groups is 2. The van der Waals surface area contributed by atoms with E-state index in [-0.39, 0.29) is 27.6 Å². The second-order valence-corrected chi connectivity index (χ2v) is 5.61. The largest absolute Gasteiger partial charge is 0.461 e. The van der Waals surface area contributed by atoms with Gasteiger partial charge < -0.3 is 9.57 Å². The minimum Gasteiger partial charge on any atom is -0.461 e. The number of carbonyl (C=O) groups excluding carboxylic acids is 4. The summed E-state index contributed by atoms with van der Waals surface area (Å²) < 4.78 is 4.77. The van der Waals surface area contributed by atoms with Gasteiger partial charge in [0, 0.05) is 0 Å². The zero-order chi connectivity index (χ0) is 17.3. The lowest BCUT2D eigenvalue weighted by Crippen LogP contribution is -2.32. The number of ether oxygens (including phenoxy) is 1. The van der Waals surface area contributed by atoms with E-state index >= 15 is 0 Å². The van der Waals surface area contributed by atoms with Crippen molar-refractivity contribution in [2.75, 3.05) is 6.61 Å². The van der Waals surface area contributed by atoms with Crippen LogP contribution in [0.15, 0.2) is 30.5 Å². The van der Waals surface area contributed by atoms with E-state index in [1.807, 2.05) is 0 Å². The van der Waals surface area contributed by atoms with Crippen LogP contribution in [0.25, 0.3) is 0 Å². The maximum absolute atomic E-state index is 12.1. The molecule has 8 nitrogen and oxygen atoms in total. The Morgan fingerprint density at radius 1 is 1.12 bits per heavy atom. The van der Waals surface area contributed by atoms with Crippen LogP contribution in [0.2, 0.25) is 0 Å². The Morgan fingerprint density at radius 2 is 1.75 bits per heavy atom. The lowest BCUT2D eigenvalue weighted by molar-refractivity contribution is -0.0581. The molecule has 2 heterocycles. The molecule has 1 aromatic heterocycles. The molecule has 9 heteroatoms. The first-order valence-electron chi connectivity index (χ1n) is 6.86. The number of nitrogens with zero attached hydrogens (tertiary/aromatic N) is 2. The molecule has 0 saturated heterocycles. The van der Waals surface area contributed by atoms with Crippen LogP contribution in [0.4, 0.5) is 0 Å². The summed E-state index contributed by atoms with van der Waals surface area (Å²) in [6.45, 7) is 1.82. The van der Waals surface area contributed by atoms with Crippen molar-refractivity contribution in [1.82, 2.24) is 10.0 Å². The predicted octanol–water partition coefficient (Wildman–Crippen LogP) is 1.69. The molecule has 0 unspecified atom stereocenters. The zero-order valence-electron chi connectivity index (χ0n) is 12.3. The van der Waals surface area contributed by atoms with Crippen molar-refractivity contribution in [3.8, 4) is 0 Å². The Labute approximate surface area is 139 Å². The fourth-order valence-electron chi connectivity index (χ4n) is 2.03. The van der Waals surface area contributed by atoms with Gasteiger partial charge in [0.25, 0.3) is 11.8 Å². The van der Waals surface area contributed by atoms with Crippen LogP contribution in [0.5, 0.6) is 0 Å². The number of carbonyl (C=O) groups is 4. The Bertz CT molecular complexity index is 824. The number of amides is 2. The van der Waals surface area contributed by atoms with Crippen molar-refractivity contribution in [2.24, 2.45) is 0 Å². The number of benzene rings is 1. The molecule has 0 saturated carbocycles. The predicted molar refractivity (Wildman–Crippen MR) is 80.4 cm³/mol. The van der Waals surface area contributed by atoms with E-state index in [0.717, 1.165) is 17.5 Å². The molecule has 1 aromatic carbocycles. The van der Waals surface area contributed by atoms with Gasteiger partial charge in [0.05, 0.1) is 23.9 Å². The van der Waals surface area contributed by atoms with Crippen LogP contribution < -0.4 is 0 Å². The van der Waals surface area contributed by atoms with E-state index in [1.54, 1.807) is 19.1 Å². The van der Waals surface area contributed by atoms with Gasteiger partial charge in [-0.15, -0.1) is 11.3 Å². The Hall–Kier alpha value is -3.07. The molecule has 0 spiro atoms. The highest BCUT2D eigenvalue weighted by Gasteiger charge is 2.39. The molecule has 0 bridgehead atoms. The molecule has 3 rings (SSSR count). The number of rotatable bonds is 4. The molecule has 2 amide bonds. The van der Waals surface area contributed by atoms with Crippen LogP contribution in [0, 0.1) is 0 Å². The minimum absolute atomic E-state index is 0.0221. The highest BCUT2D eigenvalue weighted by Crippen LogP contribution is 2.24. The highest BCUT2D eigenvalue weighted by molar-refractivity contribution is 7.15. The molecule has 24 heavy (non-hydrogen) atoms. The Kier molecular flexibility index (Phi) is 4.09. The Morgan fingerprint density at radius 3 is 2.33 bits per heavy atom. The smallest absolute Gasteiger partial charge is 0.375 e. The van der Waals surface area contributed by atoms with Gasteiger partial charge in [-0.1, -0.05) is 17.2 Å². The normalized spacial score (nSPS) is 13.0. The minimum atomic E-state index is -0.961. The standard InChI is InChI=1S/C15H10N2O6S/c1-2-22-15(21)11-16-7-10(24-11)14(20)23-17-12(18)8-5-3-4-6-9(8)13(17)19/h3-7H,2H2,1H3. The number of imide groups is 1. The molecule has 122 valence electrons. The summed E-state index contributed by atoms with van der Waals surface area (Å²) >= 11 is 0.749. The molecule has 0 N–H and O–H groups in total. The number of hydrogen-bond acceptors (Lipinski definition) is 8. The third-order valence-corrected chi connectivity index (χ3v) is 4.05. The van der Waals surface area contributed by atoms with Gasteiger partial charge in [-0.3, -0.25) is 9.59 Å². The lowest BCUT2D eigenvalue weighted by atomic mass is 10.1. The monoisotopic (exact) mass is 346 g/mol. The lowest BCUT2D eigenvalue weighted by Gasteiger charge is -2.11. The summed E-state index contributed by atoms with van der Waals surface area (Å²) in [6.07, 6.45) is 1.12. The van der Waals surface area contributed by atoms with E-state index in [1.165, 1.54) is 12.1 Å². The van der Waals surface area contributed by atoms with Crippen molar-refractivity contribution in [3.05, 3.63) is 51.5 Å². The summed E-state index contributed by atoms with van der Waals surface area (Å²) in [5.74, 6) is -3.07. The van der Waals surface area contributed by atoms with Gasteiger partial charge in [0.1, 0.15) is 4.88 Å². The first kappa shape index (κ1) is 15.8. The average molecular weight is 346 g/mol. The first-order valence-corrected chi connectivity index (χ1v) is 7.67. The van der Waals surface area contributed by atoms with Crippen LogP contribution in [-0.2, 0) is 9.57 Å². The van der Waals surface area contributed by atoms with Crippen LogP contribution >= 0.6 is 11.3 Å². The van der Waals surface area contributed by atoms with Crippen molar-refractivity contribution in [2.45, 2.75) is 6.92 Å². The van der Waals surface area contributed by atoms with Gasteiger partial charge in [0.2, 0.25) is 5.01 Å². The summed E-state index contributed by atoms with van der Waals surface area (Å²) in [5.41, 5.74) is 0.318. The van der Waals surface area contributed by atoms with Crippen LogP contribution in [0.3, 0.4) is 0 Å². The average Bonchev–Trinajstić information content (AvgIpc) is 3.16. The van der Waals surface area contributed by atoms with Crippen molar-refractivity contribution >= 4 is 35.1 Å². The number of hydrogen-bond donors (Lipinski definition) is 0. The van der Waals surface area contributed by atoms with E-state index < -0.39 is 23.8 Å². The van der Waals surface area contributed by atoms with Crippen molar-refractivity contribution in [3.63, 3.8) is 0 Å². The van der Waals surface area contributed by atoms with Gasteiger partial charge in [-0.2, -0.15) is 0 Å². The number of thiazole rings is 1. The molecular weight excluding hydrogens is 336 g/mol. The van der Waals surface area contributed by atoms with Crippen molar-refractivity contribution in [1.29, 1.82) is 0 Å². The van der Waals surface area contributed by atoms with Gasteiger partial charge in [-0.25, -0.2) is 14.6 Å². The molecular formula is C15H10N2O6S. The summed E-state index contributed by atoms with van der Waals surface area (Å²) in [7, 11) is 0. The Balaban J connectivity index is 1.76. The molecule has 1 aliphatic heterocycles. The fourth-order valence-corrected chi connectivity index (χ4v) is 2.72. The molecule has 2 aromatic rings. The topological polar surface area (TPSA) is 103 Å². The molecule has 0 fully saturated rings. The van der Waals surface area contributed by atoms with E-state index in [0.29, 0.717) is 5.06 Å². The summed E-state index contributed by atoms with van der Waals surface area (Å²) in [5, 5.41) is 0.377. The SMILES string of the molecule is CCOC(=O)c1ncc(C(=O)ON2C(=O)c3ccccc3C2=O)s1. The second-order valence-electron chi connectivity index (χ2n) is 4.58. The summed E-state index contributed by atoms with van der Waals surface area (Å²) in [6, 6.07) is 6.14. The zero-order valence-corrected chi connectivity index (χ0v) is 13.2. The quantitative estimate of drug-likeness (QED) is 0.613. The van der Waals surface area contributed by atoms with Gasteiger partial charge in [0.15, 0.2) is 0 Å². The van der Waals surface area contributed by atoms with Gasteiger partial charge >= 0.3 is 11.9 Å². The van der Waals surface area contributed by atoms with Crippen LogP contribution in [0.1, 0.15) is 47.1 Å².